The molecule has 0 aliphatic heterocycles. The standard InChI is InChI=1S/C38H40N4O2S/c1-4-45-33-20-11-27(12-21-33)23-36(43)39-32-18-15-29(16-19-32)37-41-34-22-17-30(38(44)40-31-7-5-6-8-31)24-35(34)42(37)26(3)28-13-9-25(2)10-14-28/h9-22,24,26,31H,4-8,23H2,1-3H3,(H,39,43)(H,40,44)/t26-/m1/s1. The zero-order valence-corrected chi connectivity index (χ0v) is 27.0. The number of fused-ring (bicyclic) bond motifs is 1. The molecular weight excluding hydrogens is 577 g/mol. The first-order valence-electron chi connectivity index (χ1n) is 15.9. The fourth-order valence-corrected chi connectivity index (χ4v) is 6.79. The van der Waals surface area contributed by atoms with Crippen LogP contribution in [0.2, 0.25) is 0 Å². The number of amides is 2. The predicted molar refractivity (Wildman–Crippen MR) is 185 cm³/mol. The van der Waals surface area contributed by atoms with Crippen molar-refractivity contribution in [3.05, 3.63) is 113 Å². The Labute approximate surface area is 269 Å². The van der Waals surface area contributed by atoms with Crippen LogP contribution in [0.5, 0.6) is 0 Å². The Hall–Kier alpha value is -4.36. The number of rotatable bonds is 10. The Kier molecular flexibility index (Phi) is 9.36. The number of aryl methyl sites for hydroxylation is 1. The average Bonchev–Trinajstić information content (AvgIpc) is 3.70. The van der Waals surface area contributed by atoms with Crippen molar-refractivity contribution in [3.8, 4) is 11.4 Å². The first-order valence-corrected chi connectivity index (χ1v) is 16.9. The summed E-state index contributed by atoms with van der Waals surface area (Å²) in [6.07, 6.45) is 4.75. The fraction of sp³-hybridized carbons (Fsp3) is 0.289. The summed E-state index contributed by atoms with van der Waals surface area (Å²) in [7, 11) is 0. The maximum Gasteiger partial charge on any atom is 0.251 e. The summed E-state index contributed by atoms with van der Waals surface area (Å²) >= 11 is 1.79. The van der Waals surface area contributed by atoms with Gasteiger partial charge in [-0.15, -0.1) is 11.8 Å². The van der Waals surface area contributed by atoms with Gasteiger partial charge in [-0.3, -0.25) is 9.59 Å². The molecule has 5 aromatic rings. The van der Waals surface area contributed by atoms with Crippen LogP contribution in [0.15, 0.2) is 95.9 Å². The summed E-state index contributed by atoms with van der Waals surface area (Å²) in [6.45, 7) is 6.39. The summed E-state index contributed by atoms with van der Waals surface area (Å²) in [5.74, 6) is 1.75. The minimum atomic E-state index is -0.0534. The van der Waals surface area contributed by atoms with Crippen LogP contribution in [-0.4, -0.2) is 33.2 Å². The lowest BCUT2D eigenvalue weighted by atomic mass is 10.0. The number of anilines is 1. The van der Waals surface area contributed by atoms with E-state index in [0.717, 1.165) is 57.8 Å². The fourth-order valence-electron chi connectivity index (χ4n) is 6.13. The molecule has 1 saturated carbocycles. The Balaban J connectivity index is 1.27. The number of benzene rings is 4. The van der Waals surface area contributed by atoms with E-state index in [1.165, 1.54) is 23.3 Å². The van der Waals surface area contributed by atoms with Crippen LogP contribution in [-0.2, 0) is 11.2 Å². The van der Waals surface area contributed by atoms with Crippen molar-refractivity contribution >= 4 is 40.3 Å². The highest BCUT2D eigenvalue weighted by atomic mass is 32.2. The van der Waals surface area contributed by atoms with Gasteiger partial charge in [0.25, 0.3) is 5.91 Å². The Morgan fingerprint density at radius 1 is 0.933 bits per heavy atom. The molecule has 45 heavy (non-hydrogen) atoms. The van der Waals surface area contributed by atoms with Crippen LogP contribution in [0.1, 0.15) is 72.6 Å². The summed E-state index contributed by atoms with van der Waals surface area (Å²) in [5, 5.41) is 6.26. The molecule has 1 aliphatic carbocycles. The average molecular weight is 617 g/mol. The first-order chi connectivity index (χ1) is 21.9. The molecule has 1 aliphatic rings. The van der Waals surface area contributed by atoms with Crippen LogP contribution in [0.4, 0.5) is 5.69 Å². The second-order valence-electron chi connectivity index (χ2n) is 11.9. The molecule has 7 heteroatoms. The predicted octanol–water partition coefficient (Wildman–Crippen LogP) is 8.59. The van der Waals surface area contributed by atoms with E-state index in [1.54, 1.807) is 11.8 Å². The van der Waals surface area contributed by atoms with Gasteiger partial charge in [-0.05, 0) is 98.2 Å². The maximum absolute atomic E-state index is 13.2. The molecule has 2 amide bonds. The SMILES string of the molecule is CCSc1ccc(CC(=O)Nc2ccc(-c3nc4ccc(C(=O)NC5CCCC5)cc4n3[C@H](C)c3ccc(C)cc3)cc2)cc1. The number of nitrogens with one attached hydrogen (secondary N) is 2. The molecule has 1 aromatic heterocycles. The summed E-state index contributed by atoms with van der Waals surface area (Å²) < 4.78 is 2.22. The van der Waals surface area contributed by atoms with E-state index in [4.69, 9.17) is 4.98 Å². The molecule has 0 radical (unpaired) electrons. The lowest BCUT2D eigenvalue weighted by molar-refractivity contribution is -0.115. The number of hydrogen-bond donors (Lipinski definition) is 2. The number of hydrogen-bond acceptors (Lipinski definition) is 4. The first kappa shape index (κ1) is 30.7. The molecule has 1 heterocycles. The molecule has 0 unspecified atom stereocenters. The number of carbonyl (C=O) groups excluding carboxylic acids is 2. The molecule has 4 aromatic carbocycles. The van der Waals surface area contributed by atoms with E-state index in [2.05, 4.69) is 72.4 Å². The van der Waals surface area contributed by atoms with Gasteiger partial charge >= 0.3 is 0 Å². The minimum Gasteiger partial charge on any atom is -0.349 e. The summed E-state index contributed by atoms with van der Waals surface area (Å²) in [6, 6.07) is 30.6. The van der Waals surface area contributed by atoms with E-state index in [0.29, 0.717) is 12.0 Å². The highest BCUT2D eigenvalue weighted by Crippen LogP contribution is 2.33. The molecule has 2 N–H and O–H groups in total. The van der Waals surface area contributed by atoms with Gasteiger partial charge in [-0.2, -0.15) is 0 Å². The number of aromatic nitrogens is 2. The lowest BCUT2D eigenvalue weighted by Gasteiger charge is -2.19. The van der Waals surface area contributed by atoms with Gasteiger partial charge in [0.1, 0.15) is 5.82 Å². The molecule has 0 saturated heterocycles. The Bertz CT molecular complexity index is 1790. The third-order valence-corrected chi connectivity index (χ3v) is 9.51. The molecule has 1 fully saturated rings. The monoisotopic (exact) mass is 616 g/mol. The van der Waals surface area contributed by atoms with E-state index in [-0.39, 0.29) is 23.9 Å². The zero-order valence-electron chi connectivity index (χ0n) is 26.2. The smallest absolute Gasteiger partial charge is 0.251 e. The van der Waals surface area contributed by atoms with E-state index in [9.17, 15) is 9.59 Å². The van der Waals surface area contributed by atoms with Gasteiger partial charge in [-0.25, -0.2) is 4.98 Å². The van der Waals surface area contributed by atoms with Crippen molar-refractivity contribution in [3.63, 3.8) is 0 Å². The van der Waals surface area contributed by atoms with Crippen molar-refractivity contribution in [1.82, 2.24) is 14.9 Å². The molecule has 0 bridgehead atoms. The van der Waals surface area contributed by atoms with Crippen molar-refractivity contribution < 1.29 is 9.59 Å². The van der Waals surface area contributed by atoms with E-state index in [1.807, 2.05) is 54.6 Å². The largest absolute Gasteiger partial charge is 0.349 e. The van der Waals surface area contributed by atoms with Crippen molar-refractivity contribution in [2.75, 3.05) is 11.1 Å². The normalized spacial score (nSPS) is 14.0. The van der Waals surface area contributed by atoms with Gasteiger partial charge in [0.05, 0.1) is 23.5 Å². The van der Waals surface area contributed by atoms with Gasteiger partial charge in [0, 0.05) is 27.8 Å². The van der Waals surface area contributed by atoms with Crippen LogP contribution in [0.3, 0.4) is 0 Å². The number of nitrogens with zero attached hydrogens (tertiary/aromatic N) is 2. The van der Waals surface area contributed by atoms with Crippen molar-refractivity contribution in [2.45, 2.75) is 69.9 Å². The van der Waals surface area contributed by atoms with Crippen LogP contribution < -0.4 is 10.6 Å². The Morgan fingerprint density at radius 2 is 1.64 bits per heavy atom. The lowest BCUT2D eigenvalue weighted by Crippen LogP contribution is -2.32. The second-order valence-corrected chi connectivity index (χ2v) is 13.3. The molecule has 1 atom stereocenters. The zero-order chi connectivity index (χ0) is 31.3. The van der Waals surface area contributed by atoms with E-state index >= 15 is 0 Å². The van der Waals surface area contributed by atoms with Crippen LogP contribution in [0.25, 0.3) is 22.4 Å². The van der Waals surface area contributed by atoms with Crippen molar-refractivity contribution in [2.24, 2.45) is 0 Å². The quantitative estimate of drug-likeness (QED) is 0.154. The third-order valence-electron chi connectivity index (χ3n) is 8.62. The highest BCUT2D eigenvalue weighted by Gasteiger charge is 2.22. The van der Waals surface area contributed by atoms with Crippen molar-refractivity contribution in [1.29, 1.82) is 0 Å². The highest BCUT2D eigenvalue weighted by molar-refractivity contribution is 7.99. The molecule has 6 rings (SSSR count). The van der Waals surface area contributed by atoms with Gasteiger partial charge < -0.3 is 15.2 Å². The third kappa shape index (κ3) is 7.15. The molecular formula is C38H40N4O2S. The van der Waals surface area contributed by atoms with Gasteiger partial charge in [0.2, 0.25) is 5.91 Å². The van der Waals surface area contributed by atoms with Gasteiger partial charge in [0.15, 0.2) is 0 Å². The Morgan fingerprint density at radius 3 is 2.33 bits per heavy atom. The number of carbonyl (C=O) groups is 2. The maximum atomic E-state index is 13.2. The van der Waals surface area contributed by atoms with E-state index < -0.39 is 0 Å². The number of imidazole rings is 1. The van der Waals surface area contributed by atoms with Crippen LogP contribution >= 0.6 is 11.8 Å². The second kappa shape index (κ2) is 13.7. The topological polar surface area (TPSA) is 76.0 Å². The van der Waals surface area contributed by atoms with Crippen LogP contribution in [0, 0.1) is 6.92 Å². The summed E-state index contributed by atoms with van der Waals surface area (Å²) in [4.78, 5) is 32.3. The summed E-state index contributed by atoms with van der Waals surface area (Å²) in [5.41, 5.74) is 7.42. The molecule has 230 valence electrons. The molecule has 6 nitrogen and oxygen atoms in total. The number of thioether (sulfide) groups is 1. The molecule has 0 spiro atoms. The van der Waals surface area contributed by atoms with Gasteiger partial charge in [-0.1, -0.05) is 61.7 Å². The minimum absolute atomic E-state index is 0.0276.